The molecule has 3 fully saturated rings. The third kappa shape index (κ3) is 4.05. The van der Waals surface area contributed by atoms with Crippen LogP contribution in [0.2, 0.25) is 0 Å². The lowest BCUT2D eigenvalue weighted by Gasteiger charge is -2.36. The van der Waals surface area contributed by atoms with Crippen molar-refractivity contribution < 1.29 is 19.1 Å². The Bertz CT molecular complexity index is 1050. The van der Waals surface area contributed by atoms with Gasteiger partial charge in [0.25, 0.3) is 0 Å². The average molecular weight is 494 g/mol. The van der Waals surface area contributed by atoms with Gasteiger partial charge in [-0.3, -0.25) is 14.4 Å². The number of hydrogen-bond acceptors (Lipinski definition) is 4. The second kappa shape index (κ2) is 9.66. The molecule has 3 amide bonds. The summed E-state index contributed by atoms with van der Waals surface area (Å²) in [5, 5.41) is 6.24. The van der Waals surface area contributed by atoms with Crippen LogP contribution in [0.5, 0.6) is 0 Å². The summed E-state index contributed by atoms with van der Waals surface area (Å²) in [6, 6.07) is 7.04. The molecule has 1 aromatic carbocycles. The van der Waals surface area contributed by atoms with E-state index in [0.717, 1.165) is 25.7 Å². The van der Waals surface area contributed by atoms with Crippen LogP contribution in [0.25, 0.3) is 0 Å². The van der Waals surface area contributed by atoms with Crippen molar-refractivity contribution in [3.05, 3.63) is 42.0 Å². The molecule has 7 nitrogen and oxygen atoms in total. The number of likely N-dealkylation sites (tertiary alicyclic amines) is 1. The maximum atomic E-state index is 13.9. The van der Waals surface area contributed by atoms with Crippen LogP contribution in [0.4, 0.5) is 5.69 Å². The lowest BCUT2D eigenvalue weighted by molar-refractivity contribution is -0.143. The predicted molar refractivity (Wildman–Crippen MR) is 138 cm³/mol. The van der Waals surface area contributed by atoms with Gasteiger partial charge >= 0.3 is 0 Å². The molecule has 0 radical (unpaired) electrons. The van der Waals surface area contributed by atoms with Crippen molar-refractivity contribution >= 4 is 23.4 Å². The highest BCUT2D eigenvalue weighted by Gasteiger charge is 2.73. The minimum Gasteiger partial charge on any atom is -0.359 e. The zero-order valence-electron chi connectivity index (χ0n) is 21.8. The molecule has 1 saturated carbocycles. The van der Waals surface area contributed by atoms with Crippen molar-refractivity contribution in [2.24, 2.45) is 11.8 Å². The molecule has 2 saturated heterocycles. The van der Waals surface area contributed by atoms with Crippen molar-refractivity contribution in [1.82, 2.24) is 10.2 Å². The Morgan fingerprint density at radius 2 is 1.78 bits per heavy atom. The van der Waals surface area contributed by atoms with Crippen LogP contribution >= 0.6 is 0 Å². The molecule has 0 unspecified atom stereocenters. The molecule has 3 aliphatic heterocycles. The van der Waals surface area contributed by atoms with Gasteiger partial charge in [0.15, 0.2) is 0 Å². The topological polar surface area (TPSA) is 87.7 Å². The van der Waals surface area contributed by atoms with Gasteiger partial charge in [-0.25, -0.2) is 0 Å². The SMILES string of the molecule is CC[C@H](C)N1C(=O)[C@H]2[C@@H](C(=O)Nc3ccc(C(C)C)cc3)[C@H]3C=C[C@@]2(O3)[C@@H]1C(=O)NC1CCCCC1. The van der Waals surface area contributed by atoms with Gasteiger partial charge in [0, 0.05) is 17.8 Å². The number of benzene rings is 1. The average Bonchev–Trinajstić information content (AvgIpc) is 3.51. The number of ether oxygens (including phenoxy) is 1. The Morgan fingerprint density at radius 1 is 1.08 bits per heavy atom. The van der Waals surface area contributed by atoms with Crippen LogP contribution in [0.1, 0.15) is 77.7 Å². The van der Waals surface area contributed by atoms with Gasteiger partial charge < -0.3 is 20.3 Å². The van der Waals surface area contributed by atoms with Crippen molar-refractivity contribution in [2.45, 2.75) is 102 Å². The normalized spacial score (nSPS) is 32.1. The Labute approximate surface area is 214 Å². The fourth-order valence-electron chi connectivity index (χ4n) is 6.58. The van der Waals surface area contributed by atoms with Crippen molar-refractivity contribution in [1.29, 1.82) is 0 Å². The van der Waals surface area contributed by atoms with Crippen LogP contribution in [0, 0.1) is 11.8 Å². The summed E-state index contributed by atoms with van der Waals surface area (Å²) < 4.78 is 6.43. The third-order valence-electron chi connectivity index (χ3n) is 8.73. The number of anilines is 1. The maximum Gasteiger partial charge on any atom is 0.246 e. The zero-order chi connectivity index (χ0) is 25.6. The smallest absolute Gasteiger partial charge is 0.246 e. The van der Waals surface area contributed by atoms with E-state index in [4.69, 9.17) is 4.74 Å². The highest BCUT2D eigenvalue weighted by molar-refractivity contribution is 6.02. The van der Waals surface area contributed by atoms with E-state index < -0.39 is 29.6 Å². The van der Waals surface area contributed by atoms with Crippen LogP contribution in [-0.4, -0.2) is 52.5 Å². The quantitative estimate of drug-likeness (QED) is 0.559. The van der Waals surface area contributed by atoms with Crippen molar-refractivity contribution in [2.75, 3.05) is 5.32 Å². The van der Waals surface area contributed by atoms with E-state index in [9.17, 15) is 14.4 Å². The maximum absolute atomic E-state index is 13.9. The lowest BCUT2D eigenvalue weighted by Crippen LogP contribution is -2.58. The highest BCUT2D eigenvalue weighted by Crippen LogP contribution is 2.55. The molecular weight excluding hydrogens is 454 g/mol. The van der Waals surface area contributed by atoms with Gasteiger partial charge in [-0.1, -0.05) is 64.3 Å². The molecule has 1 aliphatic carbocycles. The molecule has 36 heavy (non-hydrogen) atoms. The Balaban J connectivity index is 1.41. The molecule has 4 aliphatic rings. The molecule has 194 valence electrons. The van der Waals surface area contributed by atoms with Gasteiger partial charge in [-0.05, 0) is 49.8 Å². The van der Waals surface area contributed by atoms with E-state index in [-0.39, 0.29) is 29.8 Å². The number of amides is 3. The molecule has 1 spiro atoms. The van der Waals surface area contributed by atoms with Crippen molar-refractivity contribution in [3.8, 4) is 0 Å². The third-order valence-corrected chi connectivity index (χ3v) is 8.73. The Hall–Kier alpha value is -2.67. The summed E-state index contributed by atoms with van der Waals surface area (Å²) in [7, 11) is 0. The predicted octanol–water partition coefficient (Wildman–Crippen LogP) is 4.15. The van der Waals surface area contributed by atoms with Gasteiger partial charge in [-0.15, -0.1) is 0 Å². The molecule has 3 heterocycles. The monoisotopic (exact) mass is 493 g/mol. The van der Waals surface area contributed by atoms with E-state index in [1.165, 1.54) is 12.0 Å². The van der Waals surface area contributed by atoms with Crippen LogP contribution < -0.4 is 10.6 Å². The summed E-state index contributed by atoms with van der Waals surface area (Å²) in [5.74, 6) is -1.54. The second-order valence-electron chi connectivity index (χ2n) is 11.3. The fourth-order valence-corrected chi connectivity index (χ4v) is 6.58. The number of rotatable bonds is 7. The second-order valence-corrected chi connectivity index (χ2v) is 11.3. The van der Waals surface area contributed by atoms with Gasteiger partial charge in [0.2, 0.25) is 17.7 Å². The van der Waals surface area contributed by atoms with E-state index >= 15 is 0 Å². The molecule has 2 bridgehead atoms. The molecule has 5 rings (SSSR count). The van der Waals surface area contributed by atoms with Crippen LogP contribution in [0.15, 0.2) is 36.4 Å². The molecule has 7 heteroatoms. The molecule has 1 aromatic rings. The van der Waals surface area contributed by atoms with Gasteiger partial charge in [0.1, 0.15) is 11.6 Å². The van der Waals surface area contributed by atoms with Crippen LogP contribution in [-0.2, 0) is 19.1 Å². The van der Waals surface area contributed by atoms with Crippen molar-refractivity contribution in [3.63, 3.8) is 0 Å². The molecular formula is C29H39N3O4. The Kier molecular flexibility index (Phi) is 6.70. The standard InChI is InChI=1S/C29H39N3O4/c1-5-18(4)32-25(27(34)31-20-9-7-6-8-10-20)29-16-15-22(36-29)23(24(29)28(32)35)26(33)30-21-13-11-19(12-14-21)17(2)3/h11-18,20,22-25H,5-10H2,1-4H3,(H,30,33)(H,31,34)/t18-,22+,23-,24+,25-,29-/m0/s1. The number of nitrogens with one attached hydrogen (secondary N) is 2. The highest BCUT2D eigenvalue weighted by atomic mass is 16.5. The van der Waals surface area contributed by atoms with E-state index in [0.29, 0.717) is 18.0 Å². The first-order valence-corrected chi connectivity index (χ1v) is 13.7. The fraction of sp³-hybridized carbons (Fsp3) is 0.621. The number of carbonyl (C=O) groups is 3. The van der Waals surface area contributed by atoms with E-state index in [2.05, 4.69) is 24.5 Å². The lowest BCUT2D eigenvalue weighted by atomic mass is 9.74. The summed E-state index contributed by atoms with van der Waals surface area (Å²) >= 11 is 0. The number of nitrogens with zero attached hydrogens (tertiary/aromatic N) is 1. The summed E-state index contributed by atoms with van der Waals surface area (Å²) in [5.41, 5.74) is 0.786. The van der Waals surface area contributed by atoms with Gasteiger partial charge in [0.05, 0.1) is 17.9 Å². The number of hydrogen-bond donors (Lipinski definition) is 2. The van der Waals surface area contributed by atoms with Gasteiger partial charge in [-0.2, -0.15) is 0 Å². The number of carbonyl (C=O) groups excluding carboxylic acids is 3. The molecule has 0 aromatic heterocycles. The Morgan fingerprint density at radius 3 is 2.42 bits per heavy atom. The zero-order valence-corrected chi connectivity index (χ0v) is 21.8. The van der Waals surface area contributed by atoms with E-state index in [1.54, 1.807) is 4.90 Å². The summed E-state index contributed by atoms with van der Waals surface area (Å²) in [6.07, 6.45) is 9.30. The summed E-state index contributed by atoms with van der Waals surface area (Å²) in [6.45, 7) is 8.24. The van der Waals surface area contributed by atoms with E-state index in [1.807, 2.05) is 50.3 Å². The minimum absolute atomic E-state index is 0.131. The first-order chi connectivity index (χ1) is 17.3. The number of fused-ring (bicyclic) bond motifs is 1. The summed E-state index contributed by atoms with van der Waals surface area (Å²) in [4.78, 5) is 42.9. The first-order valence-electron chi connectivity index (χ1n) is 13.7. The first kappa shape index (κ1) is 25.0. The minimum atomic E-state index is -1.10. The molecule has 6 atom stereocenters. The molecule has 2 N–H and O–H groups in total. The van der Waals surface area contributed by atoms with Crippen LogP contribution in [0.3, 0.4) is 0 Å². The largest absolute Gasteiger partial charge is 0.359 e.